The molecule has 0 atom stereocenters. The van der Waals surface area contributed by atoms with Gasteiger partial charge >= 0.3 is 0 Å². The van der Waals surface area contributed by atoms with Crippen molar-refractivity contribution >= 4 is 66.8 Å². The molecule has 54 heavy (non-hydrogen) atoms. The molecular formula is C51H50N2O. The van der Waals surface area contributed by atoms with Crippen molar-refractivity contribution in [3.05, 3.63) is 168 Å². The molecule has 8 rings (SSSR count). The Morgan fingerprint density at radius 3 is 1.59 bits per heavy atom. The SMILES string of the molecule is CCc1cc(C(C)C)cc(N(c2ccccc2)c2ccc3oc4c5cccc(N(c6ccccc6)c6cc(C(C)C)cc(C(C)C)c6)c5ccc4c3c2)c1. The van der Waals surface area contributed by atoms with Gasteiger partial charge in [0.15, 0.2) is 0 Å². The van der Waals surface area contributed by atoms with Crippen LogP contribution in [-0.4, -0.2) is 0 Å². The summed E-state index contributed by atoms with van der Waals surface area (Å²) >= 11 is 0. The van der Waals surface area contributed by atoms with Gasteiger partial charge in [-0.15, -0.1) is 0 Å². The van der Waals surface area contributed by atoms with Crippen molar-refractivity contribution in [2.75, 3.05) is 9.80 Å². The molecule has 3 heteroatoms. The zero-order valence-corrected chi connectivity index (χ0v) is 32.6. The van der Waals surface area contributed by atoms with Crippen molar-refractivity contribution in [1.29, 1.82) is 0 Å². The van der Waals surface area contributed by atoms with E-state index < -0.39 is 0 Å². The average Bonchev–Trinajstić information content (AvgIpc) is 3.57. The molecule has 0 saturated carbocycles. The van der Waals surface area contributed by atoms with Gasteiger partial charge in [0.1, 0.15) is 11.2 Å². The Bertz CT molecular complexity index is 2550. The second-order valence-electron chi connectivity index (χ2n) is 15.5. The summed E-state index contributed by atoms with van der Waals surface area (Å²) in [7, 11) is 0. The van der Waals surface area contributed by atoms with E-state index in [9.17, 15) is 0 Å². The molecule has 0 N–H and O–H groups in total. The third-order valence-corrected chi connectivity index (χ3v) is 10.9. The molecule has 7 aromatic carbocycles. The third kappa shape index (κ3) is 6.53. The number of nitrogens with zero attached hydrogens (tertiary/aromatic N) is 2. The zero-order chi connectivity index (χ0) is 37.5. The highest BCUT2D eigenvalue weighted by Gasteiger charge is 2.21. The number of rotatable bonds is 10. The van der Waals surface area contributed by atoms with Gasteiger partial charge in [0.2, 0.25) is 0 Å². The van der Waals surface area contributed by atoms with Crippen LogP contribution in [0.2, 0.25) is 0 Å². The highest BCUT2D eigenvalue weighted by molar-refractivity contribution is 6.18. The first-order valence-corrected chi connectivity index (χ1v) is 19.6. The third-order valence-electron chi connectivity index (χ3n) is 10.9. The van der Waals surface area contributed by atoms with Crippen molar-refractivity contribution in [1.82, 2.24) is 0 Å². The first-order chi connectivity index (χ1) is 26.2. The molecular weight excluding hydrogens is 657 g/mol. The van der Waals surface area contributed by atoms with Gasteiger partial charge in [-0.25, -0.2) is 0 Å². The highest BCUT2D eigenvalue weighted by Crippen LogP contribution is 2.45. The molecule has 0 bridgehead atoms. The van der Waals surface area contributed by atoms with Crippen LogP contribution in [0, 0.1) is 0 Å². The van der Waals surface area contributed by atoms with Gasteiger partial charge < -0.3 is 14.2 Å². The van der Waals surface area contributed by atoms with Gasteiger partial charge in [-0.3, -0.25) is 0 Å². The predicted octanol–water partition coefficient (Wildman–Crippen LogP) is 15.6. The molecule has 0 aliphatic carbocycles. The van der Waals surface area contributed by atoms with Crippen LogP contribution < -0.4 is 9.80 Å². The van der Waals surface area contributed by atoms with E-state index >= 15 is 0 Å². The molecule has 0 aliphatic heterocycles. The monoisotopic (exact) mass is 706 g/mol. The van der Waals surface area contributed by atoms with Crippen molar-refractivity contribution in [2.24, 2.45) is 0 Å². The van der Waals surface area contributed by atoms with Crippen molar-refractivity contribution in [2.45, 2.75) is 72.6 Å². The van der Waals surface area contributed by atoms with Gasteiger partial charge in [0.05, 0.1) is 5.69 Å². The quantitative estimate of drug-likeness (QED) is 0.141. The van der Waals surface area contributed by atoms with Gasteiger partial charge in [-0.1, -0.05) is 115 Å². The minimum absolute atomic E-state index is 0.415. The summed E-state index contributed by atoms with van der Waals surface area (Å²) in [6, 6.07) is 53.4. The summed E-state index contributed by atoms with van der Waals surface area (Å²) in [4.78, 5) is 4.80. The lowest BCUT2D eigenvalue weighted by molar-refractivity contribution is 0.672. The second kappa shape index (κ2) is 14.6. The molecule has 1 aromatic heterocycles. The van der Waals surface area contributed by atoms with Crippen LogP contribution in [-0.2, 0) is 6.42 Å². The van der Waals surface area contributed by atoms with Crippen LogP contribution in [0.5, 0.6) is 0 Å². The van der Waals surface area contributed by atoms with Crippen LogP contribution in [0.15, 0.2) is 150 Å². The Morgan fingerprint density at radius 1 is 0.426 bits per heavy atom. The standard InChI is InChI=1S/C51H50N2O/c1-8-36-26-37(33(2)3)29-43(27-36)52(40-16-11-9-12-17-40)42-22-25-50-48(32-42)47-24-23-45-46(51(47)54-50)20-15-21-49(45)53(41-18-13-10-14-19-41)44-30-38(34(4)5)28-39(31-44)35(6)7/h9-35H,8H2,1-7H3. The van der Waals surface area contributed by atoms with Gasteiger partial charge in [-0.05, 0) is 125 Å². The van der Waals surface area contributed by atoms with Gasteiger partial charge in [0, 0.05) is 50.0 Å². The van der Waals surface area contributed by atoms with E-state index in [-0.39, 0.29) is 0 Å². The molecule has 0 radical (unpaired) electrons. The summed E-state index contributed by atoms with van der Waals surface area (Å²) in [6.07, 6.45) is 0.987. The van der Waals surface area contributed by atoms with Gasteiger partial charge in [-0.2, -0.15) is 0 Å². The maximum Gasteiger partial charge on any atom is 0.143 e. The maximum atomic E-state index is 6.81. The number of hydrogen-bond acceptors (Lipinski definition) is 3. The first-order valence-electron chi connectivity index (χ1n) is 19.6. The van der Waals surface area contributed by atoms with Gasteiger partial charge in [0.25, 0.3) is 0 Å². The number of anilines is 6. The fraction of sp³-hybridized carbons (Fsp3) is 0.216. The number of aryl methyl sites for hydroxylation is 1. The normalized spacial score (nSPS) is 11.8. The molecule has 0 aliphatic rings. The predicted molar refractivity (Wildman–Crippen MR) is 232 cm³/mol. The number of benzene rings is 7. The maximum absolute atomic E-state index is 6.81. The van der Waals surface area contributed by atoms with E-state index in [2.05, 4.69) is 204 Å². The summed E-state index contributed by atoms with van der Waals surface area (Å²) in [5.74, 6) is 1.26. The van der Waals surface area contributed by atoms with E-state index in [4.69, 9.17) is 4.42 Å². The Balaban J connectivity index is 1.31. The number of hydrogen-bond donors (Lipinski definition) is 0. The van der Waals surface area contributed by atoms with Crippen LogP contribution in [0.4, 0.5) is 34.1 Å². The lowest BCUT2D eigenvalue weighted by Gasteiger charge is -2.28. The largest absolute Gasteiger partial charge is 0.455 e. The topological polar surface area (TPSA) is 19.6 Å². The molecule has 0 spiro atoms. The highest BCUT2D eigenvalue weighted by atomic mass is 16.3. The van der Waals surface area contributed by atoms with E-state index in [1.165, 1.54) is 33.6 Å². The molecule has 0 saturated heterocycles. The van der Waals surface area contributed by atoms with Crippen molar-refractivity contribution < 1.29 is 4.42 Å². The number of furan rings is 1. The lowest BCUT2D eigenvalue weighted by Crippen LogP contribution is -2.12. The molecule has 0 fully saturated rings. The van der Waals surface area contributed by atoms with Crippen LogP contribution >= 0.6 is 0 Å². The Hall–Kier alpha value is -5.80. The Morgan fingerprint density at radius 2 is 0.981 bits per heavy atom. The Labute approximate surface area is 320 Å². The molecule has 270 valence electrons. The summed E-state index contributed by atoms with van der Waals surface area (Å²) in [5.41, 5.74) is 14.0. The zero-order valence-electron chi connectivity index (χ0n) is 32.6. The summed E-state index contributed by atoms with van der Waals surface area (Å²) in [6.45, 7) is 15.9. The minimum atomic E-state index is 0.415. The summed E-state index contributed by atoms with van der Waals surface area (Å²) < 4.78 is 6.81. The first kappa shape index (κ1) is 35.2. The van der Waals surface area contributed by atoms with Crippen molar-refractivity contribution in [3.8, 4) is 0 Å². The molecule has 0 amide bonds. The minimum Gasteiger partial charge on any atom is -0.455 e. The lowest BCUT2D eigenvalue weighted by atomic mass is 9.94. The van der Waals surface area contributed by atoms with E-state index in [0.717, 1.165) is 61.9 Å². The average molecular weight is 707 g/mol. The Kier molecular flexibility index (Phi) is 9.50. The fourth-order valence-electron chi connectivity index (χ4n) is 7.75. The smallest absolute Gasteiger partial charge is 0.143 e. The second-order valence-corrected chi connectivity index (χ2v) is 15.5. The summed E-state index contributed by atoms with van der Waals surface area (Å²) in [5, 5.41) is 4.48. The van der Waals surface area contributed by atoms with E-state index in [1.807, 2.05) is 0 Å². The number of para-hydroxylation sites is 2. The molecule has 3 nitrogen and oxygen atoms in total. The molecule has 0 unspecified atom stereocenters. The fourth-order valence-corrected chi connectivity index (χ4v) is 7.75. The van der Waals surface area contributed by atoms with Crippen molar-refractivity contribution in [3.63, 3.8) is 0 Å². The van der Waals surface area contributed by atoms with E-state index in [0.29, 0.717) is 17.8 Å². The van der Waals surface area contributed by atoms with E-state index in [1.54, 1.807) is 0 Å². The van der Waals surface area contributed by atoms with Crippen LogP contribution in [0.25, 0.3) is 32.7 Å². The number of fused-ring (bicyclic) bond motifs is 5. The van der Waals surface area contributed by atoms with Crippen LogP contribution in [0.3, 0.4) is 0 Å². The molecule has 8 aromatic rings. The molecule has 1 heterocycles. The van der Waals surface area contributed by atoms with Crippen LogP contribution in [0.1, 0.15) is 88.5 Å².